The van der Waals surface area contributed by atoms with Gasteiger partial charge in [0.25, 0.3) is 0 Å². The molecule has 4 unspecified atom stereocenters. The van der Waals surface area contributed by atoms with Gasteiger partial charge in [-0.1, -0.05) is 58.1 Å². The van der Waals surface area contributed by atoms with Gasteiger partial charge in [0.2, 0.25) is 0 Å². The Morgan fingerprint density at radius 1 is 1.10 bits per heavy atom. The Morgan fingerprint density at radius 3 is 2.40 bits per heavy atom. The van der Waals surface area contributed by atoms with E-state index in [2.05, 4.69) is 13.8 Å². The minimum Gasteiger partial charge on any atom is -0.468 e. The summed E-state index contributed by atoms with van der Waals surface area (Å²) in [7, 11) is 2.61. The van der Waals surface area contributed by atoms with Crippen molar-refractivity contribution in [3.05, 3.63) is 12.2 Å². The van der Waals surface area contributed by atoms with Crippen LogP contribution in [0.5, 0.6) is 0 Å². The Kier molecular flexibility index (Phi) is 10.3. The van der Waals surface area contributed by atoms with E-state index in [1.807, 2.05) is 12.2 Å². The lowest BCUT2D eigenvalue weighted by molar-refractivity contribution is -0.188. The third-order valence-electron chi connectivity index (χ3n) is 6.51. The Balaban J connectivity index is 2.08. The van der Waals surface area contributed by atoms with E-state index >= 15 is 0 Å². The van der Waals surface area contributed by atoms with E-state index < -0.39 is 17.4 Å². The summed E-state index contributed by atoms with van der Waals surface area (Å²) in [5.41, 5.74) is -1.20. The highest BCUT2D eigenvalue weighted by atomic mass is 16.7. The molecule has 4 atom stereocenters. The number of carbonyl (C=O) groups excluding carboxylic acids is 2. The summed E-state index contributed by atoms with van der Waals surface area (Å²) in [6.45, 7) is 5.16. The molecule has 1 aliphatic carbocycles. The van der Waals surface area contributed by atoms with Gasteiger partial charge in [0.15, 0.2) is 11.7 Å². The van der Waals surface area contributed by atoms with Gasteiger partial charge in [-0.15, -0.1) is 0 Å². The van der Waals surface area contributed by atoms with Crippen molar-refractivity contribution in [2.24, 2.45) is 17.3 Å². The summed E-state index contributed by atoms with van der Waals surface area (Å²) in [6, 6.07) is 0. The van der Waals surface area contributed by atoms with E-state index in [1.165, 1.54) is 39.9 Å². The number of carbonyl (C=O) groups is 2. The molecule has 6 nitrogen and oxygen atoms in total. The van der Waals surface area contributed by atoms with Crippen LogP contribution in [0.15, 0.2) is 12.2 Å². The van der Waals surface area contributed by atoms with Gasteiger partial charge in [-0.2, -0.15) is 0 Å². The highest BCUT2D eigenvalue weighted by Gasteiger charge is 2.66. The second-order valence-electron chi connectivity index (χ2n) is 8.56. The third-order valence-corrected chi connectivity index (χ3v) is 6.51. The molecule has 0 aromatic heterocycles. The molecule has 0 spiro atoms. The first-order chi connectivity index (χ1) is 14.5. The van der Waals surface area contributed by atoms with Crippen LogP contribution in [0.3, 0.4) is 0 Å². The second kappa shape index (κ2) is 12.5. The number of unbranched alkanes of at least 4 members (excludes halogenated alkanes) is 3. The van der Waals surface area contributed by atoms with Crippen LogP contribution < -0.4 is 0 Å². The van der Waals surface area contributed by atoms with Crippen molar-refractivity contribution < 1.29 is 28.5 Å². The first-order valence-corrected chi connectivity index (χ1v) is 11.7. The third kappa shape index (κ3) is 6.30. The van der Waals surface area contributed by atoms with Crippen LogP contribution in [0.25, 0.3) is 0 Å². The van der Waals surface area contributed by atoms with Gasteiger partial charge in [0.05, 0.1) is 20.3 Å². The summed E-state index contributed by atoms with van der Waals surface area (Å²) >= 11 is 0. The number of methoxy groups -OCH3 is 2. The second-order valence-corrected chi connectivity index (χ2v) is 8.56. The number of hydrogen-bond acceptors (Lipinski definition) is 6. The molecular weight excluding hydrogens is 384 g/mol. The smallest absolute Gasteiger partial charge is 0.323 e. The molecule has 0 aromatic rings. The summed E-state index contributed by atoms with van der Waals surface area (Å²) in [4.78, 5) is 24.5. The molecule has 0 amide bonds. The highest BCUT2D eigenvalue weighted by Crippen LogP contribution is 2.55. The van der Waals surface area contributed by atoms with Crippen molar-refractivity contribution in [1.82, 2.24) is 0 Å². The summed E-state index contributed by atoms with van der Waals surface area (Å²) in [6.07, 6.45) is 14.3. The quantitative estimate of drug-likeness (QED) is 0.183. The molecule has 0 bridgehead atoms. The molecule has 30 heavy (non-hydrogen) atoms. The molecule has 2 aliphatic rings. The fourth-order valence-corrected chi connectivity index (χ4v) is 4.42. The van der Waals surface area contributed by atoms with Crippen LogP contribution in [0.1, 0.15) is 78.1 Å². The number of allylic oxidation sites excluding steroid dienone is 1. The zero-order chi connectivity index (χ0) is 22.0. The first kappa shape index (κ1) is 24.9. The fourth-order valence-electron chi connectivity index (χ4n) is 4.42. The zero-order valence-corrected chi connectivity index (χ0v) is 19.2. The van der Waals surface area contributed by atoms with Crippen LogP contribution in [0.4, 0.5) is 0 Å². The maximum Gasteiger partial charge on any atom is 0.323 e. The average Bonchev–Trinajstić information content (AvgIpc) is 3.52. The number of hydrogen-bond donors (Lipinski definition) is 0. The Morgan fingerprint density at radius 2 is 1.83 bits per heavy atom. The predicted molar refractivity (Wildman–Crippen MR) is 115 cm³/mol. The number of rotatable bonds is 13. The van der Waals surface area contributed by atoms with Gasteiger partial charge < -0.3 is 18.9 Å². The lowest BCUT2D eigenvalue weighted by Crippen LogP contribution is -2.32. The van der Waals surface area contributed by atoms with Crippen LogP contribution in [0, 0.1) is 17.3 Å². The molecule has 172 valence electrons. The van der Waals surface area contributed by atoms with Gasteiger partial charge >= 0.3 is 11.9 Å². The number of ether oxygens (including phenoxy) is 4. The molecule has 1 aliphatic heterocycles. The van der Waals surface area contributed by atoms with Crippen molar-refractivity contribution in [2.75, 3.05) is 20.8 Å². The van der Waals surface area contributed by atoms with Crippen LogP contribution in [-0.4, -0.2) is 45.2 Å². The largest absolute Gasteiger partial charge is 0.468 e. The monoisotopic (exact) mass is 424 g/mol. The topological polar surface area (TPSA) is 71.1 Å². The molecule has 1 saturated heterocycles. The normalized spacial score (nSPS) is 24.9. The van der Waals surface area contributed by atoms with Crippen LogP contribution in [-0.2, 0) is 28.5 Å². The van der Waals surface area contributed by atoms with E-state index in [0.29, 0.717) is 12.3 Å². The van der Waals surface area contributed by atoms with Gasteiger partial charge in [-0.3, -0.25) is 9.59 Å². The van der Waals surface area contributed by atoms with E-state index in [1.54, 1.807) is 0 Å². The zero-order valence-electron chi connectivity index (χ0n) is 19.2. The molecule has 6 heteroatoms. The van der Waals surface area contributed by atoms with E-state index in [-0.39, 0.29) is 18.3 Å². The van der Waals surface area contributed by atoms with Crippen molar-refractivity contribution in [3.63, 3.8) is 0 Å². The van der Waals surface area contributed by atoms with Crippen LogP contribution >= 0.6 is 0 Å². The fraction of sp³-hybridized carbons (Fsp3) is 0.833. The van der Waals surface area contributed by atoms with Gasteiger partial charge in [0, 0.05) is 12.5 Å². The molecule has 0 N–H and O–H groups in total. The Hall–Kier alpha value is -1.40. The van der Waals surface area contributed by atoms with Gasteiger partial charge in [-0.25, -0.2) is 0 Å². The van der Waals surface area contributed by atoms with E-state index in [9.17, 15) is 9.59 Å². The Labute approximate surface area is 181 Å². The maximum atomic E-state index is 12.3. The highest BCUT2D eigenvalue weighted by molar-refractivity contribution is 6.04. The molecular formula is C24H40O6. The van der Waals surface area contributed by atoms with Crippen molar-refractivity contribution in [2.45, 2.75) is 90.4 Å². The molecule has 1 heterocycles. The Bertz CT molecular complexity index is 550. The average molecular weight is 425 g/mol. The first-order valence-electron chi connectivity index (χ1n) is 11.7. The standard InChI is InChI=1S/C24H40O6/c1-5-7-8-9-12-18(6-2)20(30-21-13-10-11-16-29-21)15-14-19-17-24(19,22(25)27-3)23(26)28-4/h14-15,18-21H,5-13,16-17H2,1-4H3/b15-14+. The predicted octanol–water partition coefficient (Wildman–Crippen LogP) is 4.80. The van der Waals surface area contributed by atoms with E-state index in [4.69, 9.17) is 18.9 Å². The SMILES string of the molecule is CCCCCCC(CC)C(/C=C/C1CC1(C(=O)OC)C(=O)OC)OC1CCCCO1. The van der Waals surface area contributed by atoms with Crippen molar-refractivity contribution in [1.29, 1.82) is 0 Å². The number of esters is 2. The van der Waals surface area contributed by atoms with Crippen LogP contribution in [0.2, 0.25) is 0 Å². The van der Waals surface area contributed by atoms with Gasteiger partial charge in [0.1, 0.15) is 0 Å². The van der Waals surface area contributed by atoms with Crippen molar-refractivity contribution in [3.8, 4) is 0 Å². The lowest BCUT2D eigenvalue weighted by Gasteiger charge is -2.31. The maximum absolute atomic E-state index is 12.3. The van der Waals surface area contributed by atoms with Gasteiger partial charge in [-0.05, 0) is 38.0 Å². The lowest BCUT2D eigenvalue weighted by atomic mass is 9.91. The molecule has 1 saturated carbocycles. The molecule has 2 fully saturated rings. The molecule has 0 radical (unpaired) electrons. The molecule has 2 rings (SSSR count). The minimum absolute atomic E-state index is 0.0895. The van der Waals surface area contributed by atoms with Crippen molar-refractivity contribution >= 4 is 11.9 Å². The summed E-state index contributed by atoms with van der Waals surface area (Å²) < 4.78 is 22.0. The minimum atomic E-state index is -1.20. The molecule has 0 aromatic carbocycles. The summed E-state index contributed by atoms with van der Waals surface area (Å²) in [5.74, 6) is -0.881. The van der Waals surface area contributed by atoms with E-state index in [0.717, 1.165) is 38.7 Å². The summed E-state index contributed by atoms with van der Waals surface area (Å²) in [5, 5.41) is 0.